The molecule has 0 saturated carbocycles. The lowest BCUT2D eigenvalue weighted by Gasteiger charge is -2.21. The van der Waals surface area contributed by atoms with Crippen molar-refractivity contribution in [2.75, 3.05) is 13.7 Å². The molecule has 1 aromatic carbocycles. The van der Waals surface area contributed by atoms with Gasteiger partial charge in [0.15, 0.2) is 11.6 Å². The van der Waals surface area contributed by atoms with Crippen molar-refractivity contribution < 1.29 is 9.13 Å². The summed E-state index contributed by atoms with van der Waals surface area (Å²) in [6.45, 7) is 7.61. The third-order valence-electron chi connectivity index (χ3n) is 3.47. The Kier molecular flexibility index (Phi) is 6.85. The third kappa shape index (κ3) is 5.19. The second kappa shape index (κ2) is 8.16. The van der Waals surface area contributed by atoms with Crippen LogP contribution in [0.1, 0.15) is 39.2 Å². The predicted molar refractivity (Wildman–Crippen MR) is 78.2 cm³/mol. The van der Waals surface area contributed by atoms with E-state index in [9.17, 15) is 4.39 Å². The van der Waals surface area contributed by atoms with Gasteiger partial charge in [0.2, 0.25) is 0 Å². The van der Waals surface area contributed by atoms with Gasteiger partial charge in [0.1, 0.15) is 0 Å². The zero-order valence-electron chi connectivity index (χ0n) is 12.5. The highest BCUT2D eigenvalue weighted by molar-refractivity contribution is 5.29. The van der Waals surface area contributed by atoms with Crippen molar-refractivity contribution in [1.29, 1.82) is 0 Å². The topological polar surface area (TPSA) is 21.3 Å². The van der Waals surface area contributed by atoms with Crippen LogP contribution in [0.3, 0.4) is 0 Å². The summed E-state index contributed by atoms with van der Waals surface area (Å²) < 4.78 is 18.5. The lowest BCUT2D eigenvalue weighted by Crippen LogP contribution is -2.33. The van der Waals surface area contributed by atoms with E-state index >= 15 is 0 Å². The Balaban J connectivity index is 2.46. The summed E-state index contributed by atoms with van der Waals surface area (Å²) in [6, 6.07) is 5.78. The zero-order valence-corrected chi connectivity index (χ0v) is 12.5. The molecule has 0 bridgehead atoms. The normalized spacial score (nSPS) is 12.7. The van der Waals surface area contributed by atoms with Crippen LogP contribution in [0.25, 0.3) is 0 Å². The highest BCUT2D eigenvalue weighted by atomic mass is 19.1. The molecule has 19 heavy (non-hydrogen) atoms. The van der Waals surface area contributed by atoms with Crippen molar-refractivity contribution in [3.8, 4) is 5.75 Å². The minimum absolute atomic E-state index is 0.271. The summed E-state index contributed by atoms with van der Waals surface area (Å²) in [5, 5.41) is 3.50. The average Bonchev–Trinajstić information content (AvgIpc) is 2.37. The van der Waals surface area contributed by atoms with Crippen molar-refractivity contribution in [1.82, 2.24) is 5.32 Å². The molecule has 0 aliphatic heterocycles. The van der Waals surface area contributed by atoms with Gasteiger partial charge in [0.05, 0.1) is 7.11 Å². The molecule has 0 heterocycles. The lowest BCUT2D eigenvalue weighted by atomic mass is 9.96. The van der Waals surface area contributed by atoms with Crippen LogP contribution in [0, 0.1) is 11.7 Å². The highest BCUT2D eigenvalue weighted by Crippen LogP contribution is 2.19. The van der Waals surface area contributed by atoms with Crippen LogP contribution >= 0.6 is 0 Å². The Morgan fingerprint density at radius 2 is 2.05 bits per heavy atom. The lowest BCUT2D eigenvalue weighted by molar-refractivity contribution is 0.376. The van der Waals surface area contributed by atoms with Gasteiger partial charge >= 0.3 is 0 Å². The summed E-state index contributed by atoms with van der Waals surface area (Å²) in [4.78, 5) is 0. The molecule has 0 radical (unpaired) electrons. The number of nitrogens with one attached hydrogen (secondary N) is 1. The number of halogens is 1. The molecular formula is C16H26FNO. The number of benzene rings is 1. The first-order valence-corrected chi connectivity index (χ1v) is 7.14. The van der Waals surface area contributed by atoms with Gasteiger partial charge in [-0.25, -0.2) is 4.39 Å². The maximum atomic E-state index is 13.5. The molecule has 0 aliphatic carbocycles. The van der Waals surface area contributed by atoms with Crippen LogP contribution in [0.2, 0.25) is 0 Å². The van der Waals surface area contributed by atoms with E-state index in [0.29, 0.717) is 17.7 Å². The van der Waals surface area contributed by atoms with Gasteiger partial charge in [0.25, 0.3) is 0 Å². The fraction of sp³-hybridized carbons (Fsp3) is 0.625. The Bertz CT molecular complexity index is 379. The number of hydrogen-bond acceptors (Lipinski definition) is 2. The number of aryl methyl sites for hydroxylation is 1. The smallest absolute Gasteiger partial charge is 0.165 e. The molecule has 3 heteroatoms. The van der Waals surface area contributed by atoms with Gasteiger partial charge in [-0.3, -0.25) is 0 Å². The van der Waals surface area contributed by atoms with Crippen LogP contribution in [-0.4, -0.2) is 19.7 Å². The molecule has 1 N–H and O–H groups in total. The fourth-order valence-electron chi connectivity index (χ4n) is 2.32. The number of rotatable bonds is 8. The van der Waals surface area contributed by atoms with Gasteiger partial charge < -0.3 is 10.1 Å². The first-order valence-electron chi connectivity index (χ1n) is 7.14. The summed E-state index contributed by atoms with van der Waals surface area (Å²) >= 11 is 0. The molecule has 0 fully saturated rings. The van der Waals surface area contributed by atoms with Crippen molar-refractivity contribution in [3.63, 3.8) is 0 Å². The SMILES string of the molecule is CCNC(CCCc1ccc(OC)c(F)c1)C(C)C. The molecule has 1 aromatic rings. The van der Waals surface area contributed by atoms with Crippen molar-refractivity contribution in [2.24, 2.45) is 5.92 Å². The summed E-state index contributed by atoms with van der Waals surface area (Å²) in [6.07, 6.45) is 3.11. The first-order chi connectivity index (χ1) is 9.08. The van der Waals surface area contributed by atoms with Gasteiger partial charge in [0, 0.05) is 6.04 Å². The van der Waals surface area contributed by atoms with Crippen LogP contribution in [0.4, 0.5) is 4.39 Å². The predicted octanol–water partition coefficient (Wildman–Crippen LogP) is 3.79. The van der Waals surface area contributed by atoms with Gasteiger partial charge in [-0.2, -0.15) is 0 Å². The van der Waals surface area contributed by atoms with E-state index in [0.717, 1.165) is 31.4 Å². The Hall–Kier alpha value is -1.09. The van der Waals surface area contributed by atoms with E-state index in [4.69, 9.17) is 4.74 Å². The minimum atomic E-state index is -0.271. The molecule has 0 aromatic heterocycles. The van der Waals surface area contributed by atoms with Crippen LogP contribution < -0.4 is 10.1 Å². The molecule has 0 amide bonds. The fourth-order valence-corrected chi connectivity index (χ4v) is 2.32. The monoisotopic (exact) mass is 267 g/mol. The Morgan fingerprint density at radius 3 is 2.58 bits per heavy atom. The van der Waals surface area contributed by atoms with Gasteiger partial charge in [-0.15, -0.1) is 0 Å². The van der Waals surface area contributed by atoms with E-state index in [1.807, 2.05) is 6.07 Å². The van der Waals surface area contributed by atoms with Gasteiger partial charge in [-0.1, -0.05) is 26.8 Å². The molecule has 0 aliphatic rings. The quantitative estimate of drug-likeness (QED) is 0.773. The van der Waals surface area contributed by atoms with E-state index in [1.165, 1.54) is 7.11 Å². The van der Waals surface area contributed by atoms with Crippen molar-refractivity contribution in [3.05, 3.63) is 29.6 Å². The largest absolute Gasteiger partial charge is 0.494 e. The van der Waals surface area contributed by atoms with Gasteiger partial charge in [-0.05, 0) is 49.4 Å². The summed E-state index contributed by atoms with van der Waals surface area (Å²) in [5.74, 6) is 0.677. The number of methoxy groups -OCH3 is 1. The highest BCUT2D eigenvalue weighted by Gasteiger charge is 2.11. The second-order valence-electron chi connectivity index (χ2n) is 5.27. The number of ether oxygens (including phenoxy) is 1. The van der Waals surface area contributed by atoms with Crippen LogP contribution in [-0.2, 0) is 6.42 Å². The van der Waals surface area contributed by atoms with Crippen molar-refractivity contribution >= 4 is 0 Å². The van der Waals surface area contributed by atoms with E-state index in [-0.39, 0.29) is 5.82 Å². The van der Waals surface area contributed by atoms with Crippen LogP contribution in [0.5, 0.6) is 5.75 Å². The maximum Gasteiger partial charge on any atom is 0.165 e. The molecule has 1 unspecified atom stereocenters. The molecule has 1 rings (SSSR count). The Morgan fingerprint density at radius 1 is 1.32 bits per heavy atom. The molecule has 108 valence electrons. The molecule has 1 atom stereocenters. The van der Waals surface area contributed by atoms with Crippen LogP contribution in [0.15, 0.2) is 18.2 Å². The summed E-state index contributed by atoms with van der Waals surface area (Å²) in [7, 11) is 1.49. The van der Waals surface area contributed by atoms with E-state index < -0.39 is 0 Å². The number of hydrogen-bond donors (Lipinski definition) is 1. The summed E-state index contributed by atoms with van der Waals surface area (Å²) in [5.41, 5.74) is 1.04. The van der Waals surface area contributed by atoms with E-state index in [1.54, 1.807) is 12.1 Å². The Labute approximate surface area is 116 Å². The minimum Gasteiger partial charge on any atom is -0.494 e. The average molecular weight is 267 g/mol. The molecule has 2 nitrogen and oxygen atoms in total. The standard InChI is InChI=1S/C16H26FNO/c1-5-18-15(12(2)3)8-6-7-13-9-10-16(19-4)14(17)11-13/h9-12,15,18H,5-8H2,1-4H3. The van der Waals surface area contributed by atoms with Crippen molar-refractivity contribution in [2.45, 2.75) is 46.1 Å². The molecule has 0 saturated heterocycles. The third-order valence-corrected chi connectivity index (χ3v) is 3.47. The molecular weight excluding hydrogens is 241 g/mol. The molecule has 0 spiro atoms. The zero-order chi connectivity index (χ0) is 14.3. The first kappa shape index (κ1) is 16.0. The maximum absolute atomic E-state index is 13.5. The second-order valence-corrected chi connectivity index (χ2v) is 5.27. The van der Waals surface area contributed by atoms with E-state index in [2.05, 4.69) is 26.1 Å².